The SMILES string of the molecule is COc1c(NCC2CCCC(c3ccc(C)cc3)O2)ccnc1C(=O)N1CCC(NC2CCOCC2OC)CC1. The van der Waals surface area contributed by atoms with Gasteiger partial charge in [-0.1, -0.05) is 29.8 Å². The predicted molar refractivity (Wildman–Crippen MR) is 154 cm³/mol. The smallest absolute Gasteiger partial charge is 0.276 e. The van der Waals surface area contributed by atoms with Crippen molar-refractivity contribution in [2.45, 2.75) is 75.8 Å². The molecule has 4 unspecified atom stereocenters. The molecule has 218 valence electrons. The van der Waals surface area contributed by atoms with Gasteiger partial charge in [-0.25, -0.2) is 4.98 Å². The summed E-state index contributed by atoms with van der Waals surface area (Å²) in [4.78, 5) is 19.9. The van der Waals surface area contributed by atoms with Crippen molar-refractivity contribution in [1.82, 2.24) is 15.2 Å². The number of piperidine rings is 1. The first-order valence-corrected chi connectivity index (χ1v) is 14.7. The van der Waals surface area contributed by atoms with Gasteiger partial charge >= 0.3 is 0 Å². The van der Waals surface area contributed by atoms with Crippen molar-refractivity contribution in [1.29, 1.82) is 0 Å². The van der Waals surface area contributed by atoms with E-state index in [1.807, 2.05) is 11.0 Å². The van der Waals surface area contributed by atoms with Crippen LogP contribution in [0.5, 0.6) is 5.75 Å². The number of aryl methyl sites for hydroxylation is 1. The van der Waals surface area contributed by atoms with E-state index in [1.165, 1.54) is 11.1 Å². The number of ether oxygens (including phenoxy) is 4. The standard InChI is InChI=1S/C31H44N4O5/c1-21-7-9-22(10-8-21)27-6-4-5-24(40-27)19-33-26-11-15-32-29(30(26)38-3)31(36)35-16-12-23(13-17-35)34-25-14-18-39-20-28(25)37-2/h7-11,15,23-25,27-28,34H,4-6,12-14,16-20H2,1-3H3,(H,32,33). The van der Waals surface area contributed by atoms with Crippen molar-refractivity contribution in [2.75, 3.05) is 52.4 Å². The highest BCUT2D eigenvalue weighted by Gasteiger charge is 2.32. The highest BCUT2D eigenvalue weighted by atomic mass is 16.5. The Morgan fingerprint density at radius 1 is 1.07 bits per heavy atom. The van der Waals surface area contributed by atoms with Crippen LogP contribution in [0.2, 0.25) is 0 Å². The number of nitrogens with zero attached hydrogens (tertiary/aromatic N) is 2. The molecular formula is C31H44N4O5. The van der Waals surface area contributed by atoms with Gasteiger partial charge in [-0.05, 0) is 57.1 Å². The van der Waals surface area contributed by atoms with Crippen LogP contribution < -0.4 is 15.4 Å². The molecular weight excluding hydrogens is 508 g/mol. The highest BCUT2D eigenvalue weighted by Crippen LogP contribution is 2.33. The Hall–Kier alpha value is -2.72. The number of amides is 1. The van der Waals surface area contributed by atoms with Crippen LogP contribution in [-0.4, -0.2) is 87.2 Å². The van der Waals surface area contributed by atoms with Gasteiger partial charge in [-0.3, -0.25) is 4.79 Å². The van der Waals surface area contributed by atoms with E-state index in [1.54, 1.807) is 20.4 Å². The summed E-state index contributed by atoms with van der Waals surface area (Å²) in [7, 11) is 3.34. The highest BCUT2D eigenvalue weighted by molar-refractivity contribution is 5.96. The van der Waals surface area contributed by atoms with E-state index in [2.05, 4.69) is 46.8 Å². The van der Waals surface area contributed by atoms with Crippen LogP contribution >= 0.6 is 0 Å². The zero-order valence-corrected chi connectivity index (χ0v) is 24.1. The Kier molecular flexibility index (Phi) is 9.91. The van der Waals surface area contributed by atoms with Gasteiger partial charge in [0.25, 0.3) is 5.91 Å². The lowest BCUT2D eigenvalue weighted by Crippen LogP contribution is -2.54. The zero-order valence-electron chi connectivity index (χ0n) is 24.1. The molecule has 0 bridgehead atoms. The van der Waals surface area contributed by atoms with Crippen LogP contribution in [0.15, 0.2) is 36.5 Å². The van der Waals surface area contributed by atoms with Crippen molar-refractivity contribution in [3.8, 4) is 5.75 Å². The fourth-order valence-corrected chi connectivity index (χ4v) is 6.08. The molecule has 0 saturated carbocycles. The molecule has 2 N–H and O–H groups in total. The summed E-state index contributed by atoms with van der Waals surface area (Å²) in [5, 5.41) is 7.23. The van der Waals surface area contributed by atoms with Crippen LogP contribution in [0.3, 0.4) is 0 Å². The minimum Gasteiger partial charge on any atom is -0.492 e. The van der Waals surface area contributed by atoms with Crippen LogP contribution in [0, 0.1) is 6.92 Å². The summed E-state index contributed by atoms with van der Waals surface area (Å²) < 4.78 is 23.3. The van der Waals surface area contributed by atoms with Crippen LogP contribution in [0.25, 0.3) is 0 Å². The first-order chi connectivity index (χ1) is 19.6. The van der Waals surface area contributed by atoms with Gasteiger partial charge in [0.1, 0.15) is 0 Å². The van der Waals surface area contributed by atoms with Crippen molar-refractivity contribution in [3.63, 3.8) is 0 Å². The number of pyridine rings is 1. The quantitative estimate of drug-likeness (QED) is 0.480. The van der Waals surface area contributed by atoms with Crippen LogP contribution in [0.1, 0.15) is 66.2 Å². The summed E-state index contributed by atoms with van der Waals surface area (Å²) in [5.41, 5.74) is 3.60. The van der Waals surface area contributed by atoms with Gasteiger partial charge in [-0.2, -0.15) is 0 Å². The molecule has 3 aliphatic heterocycles. The number of aromatic nitrogens is 1. The third-order valence-electron chi connectivity index (χ3n) is 8.47. The third kappa shape index (κ3) is 6.94. The molecule has 4 atom stereocenters. The Morgan fingerprint density at radius 2 is 1.88 bits per heavy atom. The Balaban J connectivity index is 1.16. The molecule has 1 aromatic heterocycles. The van der Waals surface area contributed by atoms with Gasteiger partial charge in [0.05, 0.1) is 37.7 Å². The molecule has 4 heterocycles. The fraction of sp³-hybridized carbons (Fsp3) is 0.613. The first-order valence-electron chi connectivity index (χ1n) is 14.7. The lowest BCUT2D eigenvalue weighted by Gasteiger charge is -2.38. The molecule has 40 heavy (non-hydrogen) atoms. The van der Waals surface area contributed by atoms with Crippen molar-refractivity contribution >= 4 is 11.6 Å². The number of rotatable bonds is 9. The maximum absolute atomic E-state index is 13.5. The van der Waals surface area contributed by atoms with Crippen LogP contribution in [0.4, 0.5) is 5.69 Å². The number of hydrogen-bond acceptors (Lipinski definition) is 8. The molecule has 9 nitrogen and oxygen atoms in total. The van der Waals surface area contributed by atoms with E-state index in [0.29, 0.717) is 43.7 Å². The number of benzene rings is 1. The van der Waals surface area contributed by atoms with E-state index in [0.717, 1.165) is 50.8 Å². The number of likely N-dealkylation sites (tertiary alicyclic amines) is 1. The van der Waals surface area contributed by atoms with E-state index in [9.17, 15) is 4.79 Å². The molecule has 1 aromatic carbocycles. The number of anilines is 1. The number of carbonyl (C=O) groups excluding carboxylic acids is 1. The second kappa shape index (κ2) is 13.8. The third-order valence-corrected chi connectivity index (χ3v) is 8.47. The number of methoxy groups -OCH3 is 2. The zero-order chi connectivity index (χ0) is 27.9. The minimum absolute atomic E-state index is 0.0737. The summed E-state index contributed by atoms with van der Waals surface area (Å²) >= 11 is 0. The van der Waals surface area contributed by atoms with Crippen molar-refractivity contribution < 1.29 is 23.7 Å². The molecule has 0 spiro atoms. The number of hydrogen-bond donors (Lipinski definition) is 2. The second-order valence-corrected chi connectivity index (χ2v) is 11.2. The maximum Gasteiger partial charge on any atom is 0.276 e. The Labute approximate surface area is 237 Å². The molecule has 3 aliphatic rings. The van der Waals surface area contributed by atoms with E-state index >= 15 is 0 Å². The molecule has 0 radical (unpaired) electrons. The van der Waals surface area contributed by atoms with Gasteiger partial charge < -0.3 is 34.5 Å². The van der Waals surface area contributed by atoms with Crippen molar-refractivity contribution in [3.05, 3.63) is 53.3 Å². The maximum atomic E-state index is 13.5. The molecule has 5 rings (SSSR count). The van der Waals surface area contributed by atoms with Crippen molar-refractivity contribution in [2.24, 2.45) is 0 Å². The summed E-state index contributed by atoms with van der Waals surface area (Å²) in [6.07, 6.45) is 7.82. The average molecular weight is 553 g/mol. The monoisotopic (exact) mass is 552 g/mol. The lowest BCUT2D eigenvalue weighted by atomic mass is 9.97. The van der Waals surface area contributed by atoms with Gasteiger partial charge in [0, 0.05) is 51.6 Å². The fourth-order valence-electron chi connectivity index (χ4n) is 6.08. The first kappa shape index (κ1) is 28.8. The average Bonchev–Trinajstić information content (AvgIpc) is 3.00. The van der Waals surface area contributed by atoms with E-state index in [4.69, 9.17) is 18.9 Å². The summed E-state index contributed by atoms with van der Waals surface area (Å²) in [6.45, 7) is 5.48. The number of carbonyl (C=O) groups is 1. The lowest BCUT2D eigenvalue weighted by molar-refractivity contribution is -0.0533. The molecule has 2 aromatic rings. The van der Waals surface area contributed by atoms with Gasteiger partial charge in [0.2, 0.25) is 0 Å². The van der Waals surface area contributed by atoms with Crippen LogP contribution in [-0.2, 0) is 14.2 Å². The normalized spacial score (nSPS) is 25.9. The molecule has 9 heteroatoms. The summed E-state index contributed by atoms with van der Waals surface area (Å²) in [5.74, 6) is 0.400. The van der Waals surface area contributed by atoms with E-state index in [-0.39, 0.29) is 30.3 Å². The Morgan fingerprint density at radius 3 is 2.62 bits per heavy atom. The Bertz CT molecular complexity index is 1110. The molecule has 0 aliphatic carbocycles. The molecule has 3 saturated heterocycles. The largest absolute Gasteiger partial charge is 0.492 e. The number of nitrogens with one attached hydrogen (secondary N) is 2. The minimum atomic E-state index is -0.0897. The van der Waals surface area contributed by atoms with Gasteiger partial charge in [0.15, 0.2) is 11.4 Å². The topological polar surface area (TPSA) is 94.2 Å². The van der Waals surface area contributed by atoms with Gasteiger partial charge in [-0.15, -0.1) is 0 Å². The van der Waals surface area contributed by atoms with E-state index < -0.39 is 0 Å². The molecule has 3 fully saturated rings. The molecule has 1 amide bonds. The predicted octanol–water partition coefficient (Wildman–Crippen LogP) is 4.12. The summed E-state index contributed by atoms with van der Waals surface area (Å²) in [6, 6.07) is 11.1. The second-order valence-electron chi connectivity index (χ2n) is 11.2.